The highest BCUT2D eigenvalue weighted by Crippen LogP contribution is 2.29. The number of anilines is 1. The molecule has 30 heavy (non-hydrogen) atoms. The number of unbranched alkanes of at least 4 members (excludes halogenated alkanes) is 1. The molecule has 0 atom stereocenters. The minimum absolute atomic E-state index is 0.00215. The number of allylic oxidation sites excluding steroid dienone is 2. The molecule has 0 saturated heterocycles. The fourth-order valence-electron chi connectivity index (χ4n) is 3.51. The highest BCUT2D eigenvalue weighted by atomic mass is 16.1. The number of nitrogen functional groups attached to an aromatic ring is 1. The first-order valence-electron chi connectivity index (χ1n) is 10.4. The van der Waals surface area contributed by atoms with Gasteiger partial charge >= 0.3 is 0 Å². The lowest BCUT2D eigenvalue weighted by Crippen LogP contribution is -2.23. The SMILES string of the molecule is C/C=C(N)\C=C/CC(=O)NCCCCn1c(CC)nc2c(N)nc3ccccc3c21. The van der Waals surface area contributed by atoms with E-state index in [-0.39, 0.29) is 5.91 Å². The second kappa shape index (κ2) is 9.91. The van der Waals surface area contributed by atoms with E-state index in [0.717, 1.165) is 53.6 Å². The Hall–Kier alpha value is -3.35. The number of para-hydroxylation sites is 1. The van der Waals surface area contributed by atoms with Crippen LogP contribution in [0.3, 0.4) is 0 Å². The molecule has 0 fully saturated rings. The van der Waals surface area contributed by atoms with Crippen LogP contribution in [0.1, 0.15) is 38.9 Å². The number of hydrogen-bond acceptors (Lipinski definition) is 5. The average molecular weight is 407 g/mol. The Labute approximate surface area is 176 Å². The number of nitrogens with one attached hydrogen (secondary N) is 1. The Morgan fingerprint density at radius 2 is 2.03 bits per heavy atom. The zero-order valence-electron chi connectivity index (χ0n) is 17.7. The van der Waals surface area contributed by atoms with Gasteiger partial charge in [-0.2, -0.15) is 0 Å². The van der Waals surface area contributed by atoms with Crippen LogP contribution in [-0.2, 0) is 17.8 Å². The summed E-state index contributed by atoms with van der Waals surface area (Å²) in [5.74, 6) is 1.48. The summed E-state index contributed by atoms with van der Waals surface area (Å²) in [6, 6.07) is 8.02. The summed E-state index contributed by atoms with van der Waals surface area (Å²) >= 11 is 0. The molecular weight excluding hydrogens is 376 g/mol. The van der Waals surface area contributed by atoms with E-state index in [1.165, 1.54) is 0 Å². The number of nitrogens with two attached hydrogens (primary N) is 2. The quantitative estimate of drug-likeness (QED) is 0.372. The molecule has 5 N–H and O–H groups in total. The number of nitrogens with zero attached hydrogens (tertiary/aromatic N) is 3. The molecule has 0 aliphatic heterocycles. The number of amides is 1. The van der Waals surface area contributed by atoms with Gasteiger partial charge in [-0.05, 0) is 31.9 Å². The number of aryl methyl sites for hydroxylation is 2. The van der Waals surface area contributed by atoms with Gasteiger partial charge in [-0.3, -0.25) is 4.79 Å². The molecule has 3 rings (SSSR count). The molecule has 1 aromatic carbocycles. The number of pyridine rings is 1. The highest BCUT2D eigenvalue weighted by Gasteiger charge is 2.16. The van der Waals surface area contributed by atoms with Crippen LogP contribution in [0.15, 0.2) is 48.2 Å². The largest absolute Gasteiger partial charge is 0.399 e. The maximum absolute atomic E-state index is 11.9. The summed E-state index contributed by atoms with van der Waals surface area (Å²) in [5.41, 5.74) is 15.2. The fourth-order valence-corrected chi connectivity index (χ4v) is 3.51. The van der Waals surface area contributed by atoms with Gasteiger partial charge in [0.2, 0.25) is 5.91 Å². The minimum atomic E-state index is 0.00215. The summed E-state index contributed by atoms with van der Waals surface area (Å²) in [6.45, 7) is 5.42. The number of aromatic nitrogens is 3. The molecule has 0 bridgehead atoms. The summed E-state index contributed by atoms with van der Waals surface area (Å²) in [6.07, 6.45) is 8.29. The van der Waals surface area contributed by atoms with Gasteiger partial charge in [-0.1, -0.05) is 37.3 Å². The van der Waals surface area contributed by atoms with E-state index < -0.39 is 0 Å². The second-order valence-corrected chi connectivity index (χ2v) is 7.20. The Morgan fingerprint density at radius 1 is 1.23 bits per heavy atom. The fraction of sp³-hybridized carbons (Fsp3) is 0.348. The van der Waals surface area contributed by atoms with Crippen molar-refractivity contribution in [1.29, 1.82) is 0 Å². The van der Waals surface area contributed by atoms with Gasteiger partial charge in [0.25, 0.3) is 0 Å². The molecular formula is C23H30N6O. The molecule has 0 aliphatic carbocycles. The van der Waals surface area contributed by atoms with Gasteiger partial charge in [0, 0.05) is 37.0 Å². The van der Waals surface area contributed by atoms with Crippen LogP contribution < -0.4 is 16.8 Å². The van der Waals surface area contributed by atoms with Crippen LogP contribution in [0, 0.1) is 0 Å². The standard InChI is InChI=1S/C23H30N6O/c1-3-16(24)10-9-13-20(30)26-14-7-8-15-29-19(4-2)28-21-22(29)17-11-5-6-12-18(17)27-23(21)25/h3,5-6,9-12H,4,7-8,13-15,24H2,1-2H3,(H2,25,27)(H,26,30)/b10-9-,16-3+. The van der Waals surface area contributed by atoms with E-state index in [0.29, 0.717) is 24.5 Å². The molecule has 2 heterocycles. The molecule has 0 unspecified atom stereocenters. The van der Waals surface area contributed by atoms with Crippen LogP contribution in [-0.4, -0.2) is 27.0 Å². The number of imidazole rings is 1. The average Bonchev–Trinajstić information content (AvgIpc) is 3.13. The van der Waals surface area contributed by atoms with Gasteiger partial charge in [0.15, 0.2) is 5.82 Å². The van der Waals surface area contributed by atoms with Crippen LogP contribution in [0.4, 0.5) is 5.82 Å². The van der Waals surface area contributed by atoms with E-state index in [9.17, 15) is 4.79 Å². The van der Waals surface area contributed by atoms with Crippen molar-refractivity contribution in [1.82, 2.24) is 19.9 Å². The molecule has 0 aliphatic rings. The first kappa shape index (κ1) is 21.4. The van der Waals surface area contributed by atoms with Crippen molar-refractivity contribution in [3.63, 3.8) is 0 Å². The topological polar surface area (TPSA) is 112 Å². The van der Waals surface area contributed by atoms with Crippen molar-refractivity contribution >= 4 is 33.7 Å². The number of hydrogen-bond donors (Lipinski definition) is 3. The molecule has 1 amide bonds. The van der Waals surface area contributed by atoms with Crippen molar-refractivity contribution in [2.75, 3.05) is 12.3 Å². The molecule has 0 radical (unpaired) electrons. The molecule has 7 nitrogen and oxygen atoms in total. The molecule has 0 spiro atoms. The lowest BCUT2D eigenvalue weighted by atomic mass is 10.2. The summed E-state index contributed by atoms with van der Waals surface area (Å²) in [5, 5.41) is 4.02. The molecule has 7 heteroatoms. The number of carbonyl (C=O) groups excluding carboxylic acids is 1. The zero-order chi connectivity index (χ0) is 21.5. The molecule has 2 aromatic heterocycles. The zero-order valence-corrected chi connectivity index (χ0v) is 17.7. The second-order valence-electron chi connectivity index (χ2n) is 7.20. The summed E-state index contributed by atoms with van der Waals surface area (Å²) < 4.78 is 2.25. The predicted molar refractivity (Wildman–Crippen MR) is 123 cm³/mol. The Bertz CT molecular complexity index is 1100. The van der Waals surface area contributed by atoms with Crippen LogP contribution >= 0.6 is 0 Å². The van der Waals surface area contributed by atoms with E-state index >= 15 is 0 Å². The Morgan fingerprint density at radius 3 is 2.80 bits per heavy atom. The predicted octanol–water partition coefficient (Wildman–Crippen LogP) is 3.43. The lowest BCUT2D eigenvalue weighted by Gasteiger charge is -2.10. The third-order valence-electron chi connectivity index (χ3n) is 5.08. The maximum Gasteiger partial charge on any atom is 0.223 e. The Balaban J connectivity index is 1.64. The first-order valence-corrected chi connectivity index (χ1v) is 10.4. The van der Waals surface area contributed by atoms with E-state index in [1.807, 2.05) is 25.1 Å². The first-order chi connectivity index (χ1) is 14.5. The summed E-state index contributed by atoms with van der Waals surface area (Å²) in [4.78, 5) is 21.2. The van der Waals surface area contributed by atoms with E-state index in [2.05, 4.69) is 27.9 Å². The van der Waals surface area contributed by atoms with Gasteiger partial charge in [0.05, 0.1) is 11.0 Å². The van der Waals surface area contributed by atoms with Gasteiger partial charge in [-0.15, -0.1) is 0 Å². The van der Waals surface area contributed by atoms with E-state index in [1.54, 1.807) is 18.2 Å². The van der Waals surface area contributed by atoms with Crippen molar-refractivity contribution < 1.29 is 4.79 Å². The molecule has 3 aromatic rings. The van der Waals surface area contributed by atoms with Crippen LogP contribution in [0.5, 0.6) is 0 Å². The molecule has 0 saturated carbocycles. The van der Waals surface area contributed by atoms with E-state index in [4.69, 9.17) is 16.5 Å². The number of benzene rings is 1. The lowest BCUT2D eigenvalue weighted by molar-refractivity contribution is -0.120. The van der Waals surface area contributed by atoms with Crippen LogP contribution in [0.25, 0.3) is 21.9 Å². The normalized spacial score (nSPS) is 12.3. The molecule has 158 valence electrons. The van der Waals surface area contributed by atoms with Crippen molar-refractivity contribution in [2.24, 2.45) is 5.73 Å². The maximum atomic E-state index is 11.9. The number of rotatable bonds is 9. The van der Waals surface area contributed by atoms with Crippen molar-refractivity contribution in [3.8, 4) is 0 Å². The minimum Gasteiger partial charge on any atom is -0.399 e. The van der Waals surface area contributed by atoms with Crippen LogP contribution in [0.2, 0.25) is 0 Å². The van der Waals surface area contributed by atoms with Gasteiger partial charge in [-0.25, -0.2) is 9.97 Å². The number of fused-ring (bicyclic) bond motifs is 3. The van der Waals surface area contributed by atoms with Gasteiger partial charge < -0.3 is 21.4 Å². The third-order valence-corrected chi connectivity index (χ3v) is 5.08. The van der Waals surface area contributed by atoms with Crippen molar-refractivity contribution in [3.05, 3.63) is 54.0 Å². The van der Waals surface area contributed by atoms with Gasteiger partial charge in [0.1, 0.15) is 11.3 Å². The third kappa shape index (κ3) is 4.79. The van der Waals surface area contributed by atoms with Crippen molar-refractivity contribution in [2.45, 2.75) is 46.1 Å². The highest BCUT2D eigenvalue weighted by molar-refractivity contribution is 6.06. The summed E-state index contributed by atoms with van der Waals surface area (Å²) in [7, 11) is 0. The monoisotopic (exact) mass is 406 g/mol. The smallest absolute Gasteiger partial charge is 0.223 e. The number of carbonyl (C=O) groups is 1. The Kier molecular flexibility index (Phi) is 7.06.